The minimum atomic E-state index is 0.339. The van der Waals surface area contributed by atoms with Gasteiger partial charge in [-0.05, 0) is 44.3 Å². The van der Waals surface area contributed by atoms with E-state index < -0.39 is 0 Å². The Bertz CT molecular complexity index is 392. The minimum Gasteiger partial charge on any atom is -0.507 e. The summed E-state index contributed by atoms with van der Waals surface area (Å²) in [6.45, 7) is 5.43. The van der Waals surface area contributed by atoms with Gasteiger partial charge in [-0.25, -0.2) is 0 Å². The normalized spacial score (nSPS) is 21.6. The number of ether oxygens (including phenoxy) is 1. The van der Waals surface area contributed by atoms with Gasteiger partial charge in [0.2, 0.25) is 0 Å². The van der Waals surface area contributed by atoms with Gasteiger partial charge in [-0.3, -0.25) is 4.90 Å². The number of phenolic OH excluding ortho intramolecular Hbond substituents is 1. The van der Waals surface area contributed by atoms with Crippen molar-refractivity contribution in [3.63, 3.8) is 0 Å². The smallest absolute Gasteiger partial charge is 0.123 e. The topological polar surface area (TPSA) is 32.7 Å². The van der Waals surface area contributed by atoms with E-state index in [4.69, 9.17) is 4.74 Å². The second-order valence-electron chi connectivity index (χ2n) is 5.31. The number of phenols is 1. The molecule has 3 heteroatoms. The number of benzene rings is 1. The van der Waals surface area contributed by atoms with Crippen molar-refractivity contribution < 1.29 is 9.84 Å². The molecule has 1 aliphatic heterocycles. The highest BCUT2D eigenvalue weighted by Crippen LogP contribution is 2.26. The first-order valence-electron chi connectivity index (χ1n) is 6.77. The molecule has 1 saturated heterocycles. The van der Waals surface area contributed by atoms with Gasteiger partial charge in [-0.1, -0.05) is 13.0 Å². The Kier molecular flexibility index (Phi) is 4.48. The highest BCUT2D eigenvalue weighted by molar-refractivity contribution is 5.39. The van der Waals surface area contributed by atoms with Crippen LogP contribution < -0.4 is 4.74 Å². The zero-order valence-corrected chi connectivity index (χ0v) is 11.4. The van der Waals surface area contributed by atoms with Gasteiger partial charge in [0.25, 0.3) is 0 Å². The molecule has 1 aromatic rings. The van der Waals surface area contributed by atoms with E-state index in [-0.39, 0.29) is 0 Å². The van der Waals surface area contributed by atoms with Crippen molar-refractivity contribution in [2.75, 3.05) is 20.2 Å². The summed E-state index contributed by atoms with van der Waals surface area (Å²) < 4.78 is 5.10. The van der Waals surface area contributed by atoms with Crippen LogP contribution in [0.3, 0.4) is 0 Å². The van der Waals surface area contributed by atoms with Crippen LogP contribution in [-0.2, 0) is 6.54 Å². The maximum atomic E-state index is 9.97. The summed E-state index contributed by atoms with van der Waals surface area (Å²) in [5.41, 5.74) is 0.991. The number of likely N-dealkylation sites (tertiary alicyclic amines) is 1. The molecule has 1 heterocycles. The van der Waals surface area contributed by atoms with Crippen molar-refractivity contribution in [1.82, 2.24) is 4.90 Å². The average molecular weight is 249 g/mol. The van der Waals surface area contributed by atoms with Crippen molar-refractivity contribution in [3.05, 3.63) is 23.8 Å². The van der Waals surface area contributed by atoms with Crippen molar-refractivity contribution in [1.29, 1.82) is 0 Å². The van der Waals surface area contributed by atoms with Crippen LogP contribution >= 0.6 is 0 Å². The molecule has 1 aliphatic rings. The van der Waals surface area contributed by atoms with Crippen LogP contribution in [0.2, 0.25) is 0 Å². The summed E-state index contributed by atoms with van der Waals surface area (Å²) >= 11 is 0. The lowest BCUT2D eigenvalue weighted by Gasteiger charge is -2.20. The lowest BCUT2D eigenvalue weighted by Crippen LogP contribution is -2.24. The van der Waals surface area contributed by atoms with E-state index in [0.717, 1.165) is 31.1 Å². The van der Waals surface area contributed by atoms with Crippen molar-refractivity contribution in [2.24, 2.45) is 5.92 Å². The van der Waals surface area contributed by atoms with Crippen molar-refractivity contribution >= 4 is 0 Å². The van der Waals surface area contributed by atoms with Gasteiger partial charge in [0.1, 0.15) is 11.5 Å². The van der Waals surface area contributed by atoms with Crippen molar-refractivity contribution in [2.45, 2.75) is 32.7 Å². The predicted molar refractivity (Wildman–Crippen MR) is 73.0 cm³/mol. The third-order valence-electron chi connectivity index (χ3n) is 3.80. The van der Waals surface area contributed by atoms with Gasteiger partial charge in [0.15, 0.2) is 0 Å². The molecule has 0 amide bonds. The molecule has 0 aromatic heterocycles. The Balaban J connectivity index is 2.00. The van der Waals surface area contributed by atoms with Crippen LogP contribution in [0, 0.1) is 5.92 Å². The zero-order chi connectivity index (χ0) is 13.0. The lowest BCUT2D eigenvalue weighted by molar-refractivity contribution is 0.269. The summed E-state index contributed by atoms with van der Waals surface area (Å²) in [5.74, 6) is 1.88. The van der Waals surface area contributed by atoms with Gasteiger partial charge in [0.05, 0.1) is 7.11 Å². The number of aromatic hydroxyl groups is 1. The Morgan fingerprint density at radius 3 is 2.89 bits per heavy atom. The summed E-state index contributed by atoms with van der Waals surface area (Å²) in [7, 11) is 1.62. The zero-order valence-electron chi connectivity index (χ0n) is 11.4. The van der Waals surface area contributed by atoms with E-state index in [0.29, 0.717) is 11.5 Å². The summed E-state index contributed by atoms with van der Waals surface area (Å²) in [6, 6.07) is 5.56. The fourth-order valence-electron chi connectivity index (χ4n) is 2.53. The van der Waals surface area contributed by atoms with Crippen LogP contribution in [0.15, 0.2) is 18.2 Å². The molecular formula is C15H23NO2. The largest absolute Gasteiger partial charge is 0.507 e. The quantitative estimate of drug-likeness (QED) is 0.893. The molecule has 0 aliphatic carbocycles. The van der Waals surface area contributed by atoms with Crippen LogP contribution in [-0.4, -0.2) is 30.2 Å². The molecule has 100 valence electrons. The number of nitrogens with zero attached hydrogens (tertiary/aromatic N) is 1. The van der Waals surface area contributed by atoms with E-state index >= 15 is 0 Å². The molecule has 1 unspecified atom stereocenters. The average Bonchev–Trinajstić information content (AvgIpc) is 2.57. The fourth-order valence-corrected chi connectivity index (χ4v) is 2.53. The van der Waals surface area contributed by atoms with E-state index in [1.165, 1.54) is 19.3 Å². The molecule has 1 fully saturated rings. The van der Waals surface area contributed by atoms with Crippen LogP contribution in [0.5, 0.6) is 11.5 Å². The Morgan fingerprint density at radius 1 is 1.33 bits per heavy atom. The first-order chi connectivity index (χ1) is 8.69. The van der Waals surface area contributed by atoms with Gasteiger partial charge < -0.3 is 9.84 Å². The molecule has 3 nitrogen and oxygen atoms in total. The highest BCUT2D eigenvalue weighted by Gasteiger charge is 2.15. The second kappa shape index (κ2) is 6.10. The van der Waals surface area contributed by atoms with E-state index in [1.807, 2.05) is 12.1 Å². The van der Waals surface area contributed by atoms with E-state index in [9.17, 15) is 5.11 Å². The first kappa shape index (κ1) is 13.2. The standard InChI is InChI=1S/C15H23NO2/c1-12-4-3-8-16(9-7-12)11-13-5-6-14(18-2)10-15(13)17/h5-6,10,12,17H,3-4,7-9,11H2,1-2H3. The highest BCUT2D eigenvalue weighted by atomic mass is 16.5. The van der Waals surface area contributed by atoms with Gasteiger partial charge in [-0.2, -0.15) is 0 Å². The molecule has 2 rings (SSSR count). The Morgan fingerprint density at radius 2 is 2.17 bits per heavy atom. The third kappa shape index (κ3) is 3.39. The summed E-state index contributed by atoms with van der Waals surface area (Å²) in [5, 5.41) is 9.97. The summed E-state index contributed by atoms with van der Waals surface area (Å²) in [4.78, 5) is 2.44. The maximum absolute atomic E-state index is 9.97. The molecule has 1 aromatic carbocycles. The molecule has 0 saturated carbocycles. The lowest BCUT2D eigenvalue weighted by atomic mass is 10.0. The predicted octanol–water partition coefficient (Wildman–Crippen LogP) is 3.02. The number of methoxy groups -OCH3 is 1. The Labute approximate surface area is 109 Å². The molecule has 0 spiro atoms. The Hall–Kier alpha value is -1.22. The SMILES string of the molecule is COc1ccc(CN2CCCC(C)CC2)c(O)c1. The number of hydrogen-bond acceptors (Lipinski definition) is 3. The molecule has 1 N–H and O–H groups in total. The third-order valence-corrected chi connectivity index (χ3v) is 3.80. The minimum absolute atomic E-state index is 0.339. The fraction of sp³-hybridized carbons (Fsp3) is 0.600. The second-order valence-corrected chi connectivity index (χ2v) is 5.31. The molecular weight excluding hydrogens is 226 g/mol. The van der Waals surface area contributed by atoms with Gasteiger partial charge in [0, 0.05) is 18.2 Å². The molecule has 1 atom stereocenters. The van der Waals surface area contributed by atoms with Crippen LogP contribution in [0.25, 0.3) is 0 Å². The van der Waals surface area contributed by atoms with E-state index in [2.05, 4.69) is 11.8 Å². The number of rotatable bonds is 3. The molecule has 18 heavy (non-hydrogen) atoms. The van der Waals surface area contributed by atoms with Gasteiger partial charge >= 0.3 is 0 Å². The van der Waals surface area contributed by atoms with Gasteiger partial charge in [-0.15, -0.1) is 0 Å². The number of hydrogen-bond donors (Lipinski definition) is 1. The maximum Gasteiger partial charge on any atom is 0.123 e. The summed E-state index contributed by atoms with van der Waals surface area (Å²) in [6.07, 6.45) is 3.85. The van der Waals surface area contributed by atoms with Crippen LogP contribution in [0.4, 0.5) is 0 Å². The van der Waals surface area contributed by atoms with Crippen LogP contribution in [0.1, 0.15) is 31.7 Å². The first-order valence-corrected chi connectivity index (χ1v) is 6.77. The monoisotopic (exact) mass is 249 g/mol. The van der Waals surface area contributed by atoms with E-state index in [1.54, 1.807) is 13.2 Å². The molecule has 0 bridgehead atoms. The van der Waals surface area contributed by atoms with Crippen molar-refractivity contribution in [3.8, 4) is 11.5 Å². The molecule has 0 radical (unpaired) electrons.